The molecule has 0 amide bonds. The second kappa shape index (κ2) is 3.65. The highest BCUT2D eigenvalue weighted by atomic mass is 35.5. The van der Waals surface area contributed by atoms with Gasteiger partial charge in [0.1, 0.15) is 5.15 Å². The smallest absolute Gasteiger partial charge is 0.244 e. The zero-order valence-corrected chi connectivity index (χ0v) is 6.93. The average Bonchev–Trinajstić information content (AvgIpc) is 1.95. The lowest BCUT2D eigenvalue weighted by Crippen LogP contribution is -1.78. The van der Waals surface area contributed by atoms with E-state index in [1.54, 1.807) is 12.3 Å². The first-order chi connectivity index (χ1) is 4.83. The van der Waals surface area contributed by atoms with Crippen LogP contribution in [0.25, 0.3) is 0 Å². The second-order valence-electron chi connectivity index (χ2n) is 1.81. The molecule has 52 valence electrons. The predicted molar refractivity (Wildman–Crippen MR) is 42.0 cm³/mol. The van der Waals surface area contributed by atoms with Crippen LogP contribution in [0.4, 0.5) is 0 Å². The third-order valence-corrected chi connectivity index (χ3v) is 1.84. The van der Waals surface area contributed by atoms with Gasteiger partial charge in [-0.1, -0.05) is 22.2 Å². The molecule has 10 heavy (non-hydrogen) atoms. The van der Waals surface area contributed by atoms with Gasteiger partial charge in [0.05, 0.1) is 0 Å². The minimum atomic E-state index is -0.301. The van der Waals surface area contributed by atoms with Crippen LogP contribution >= 0.6 is 20.1 Å². The highest BCUT2D eigenvalue weighted by molar-refractivity contribution is 7.22. The van der Waals surface area contributed by atoms with E-state index in [1.165, 1.54) is 0 Å². The van der Waals surface area contributed by atoms with Gasteiger partial charge in [0.25, 0.3) is 0 Å². The van der Waals surface area contributed by atoms with E-state index in [9.17, 15) is 4.57 Å². The second-order valence-corrected chi connectivity index (χ2v) is 2.84. The van der Waals surface area contributed by atoms with Crippen molar-refractivity contribution in [2.75, 3.05) is 0 Å². The first kappa shape index (κ1) is 7.64. The molecule has 0 saturated heterocycles. The lowest BCUT2D eigenvalue weighted by molar-refractivity contribution is 0.598. The number of hydrogen-bond donors (Lipinski definition) is 0. The molecule has 0 N–H and O–H groups in total. The third-order valence-electron chi connectivity index (χ3n) is 1.06. The van der Waals surface area contributed by atoms with Crippen LogP contribution in [0.1, 0.15) is 5.56 Å². The predicted octanol–water partition coefficient (Wildman–Crippen LogP) is 2.26. The molecule has 0 spiro atoms. The maximum Gasteiger partial charge on any atom is 0.329 e. The van der Waals surface area contributed by atoms with Crippen molar-refractivity contribution in [3.8, 4) is 0 Å². The van der Waals surface area contributed by atoms with Crippen LogP contribution in [-0.2, 0) is 10.7 Å². The van der Waals surface area contributed by atoms with Gasteiger partial charge < -0.3 is 0 Å². The molecule has 1 aromatic rings. The molecule has 1 heterocycles. The monoisotopic (exact) mass is 174 g/mol. The zero-order chi connectivity index (χ0) is 7.40. The van der Waals surface area contributed by atoms with Gasteiger partial charge in [-0.2, -0.15) is 0 Å². The van der Waals surface area contributed by atoms with Crippen molar-refractivity contribution in [3.05, 3.63) is 29.0 Å². The van der Waals surface area contributed by atoms with Crippen LogP contribution in [0.2, 0.25) is 5.15 Å². The lowest BCUT2D eigenvalue weighted by Gasteiger charge is -1.88. The van der Waals surface area contributed by atoms with Crippen molar-refractivity contribution in [2.24, 2.45) is 0 Å². The molecule has 2 nitrogen and oxygen atoms in total. The van der Waals surface area contributed by atoms with E-state index >= 15 is 0 Å². The summed E-state index contributed by atoms with van der Waals surface area (Å²) >= 11 is 5.52. The molecule has 0 aliphatic carbocycles. The van der Waals surface area contributed by atoms with Crippen LogP contribution < -0.4 is 0 Å². The molecule has 0 aromatic carbocycles. The summed E-state index contributed by atoms with van der Waals surface area (Å²) in [6.07, 6.45) is 2.19. The molecule has 0 bridgehead atoms. The van der Waals surface area contributed by atoms with Crippen LogP contribution in [0.15, 0.2) is 18.3 Å². The Morgan fingerprint density at radius 1 is 1.60 bits per heavy atom. The standard InChI is InChI=1S/C6H5ClNOP/c7-6-2-1-5(3-8-6)4-10-9/h1-3H,4H2/p+1. The van der Waals surface area contributed by atoms with E-state index in [-0.39, 0.29) is 8.46 Å². The van der Waals surface area contributed by atoms with E-state index < -0.39 is 0 Å². The van der Waals surface area contributed by atoms with Crippen LogP contribution in [0, 0.1) is 0 Å². The van der Waals surface area contributed by atoms with Crippen molar-refractivity contribution in [1.82, 2.24) is 4.98 Å². The Labute approximate surface area is 65.4 Å². The van der Waals surface area contributed by atoms with Gasteiger partial charge in [0.15, 0.2) is 6.16 Å². The van der Waals surface area contributed by atoms with Crippen molar-refractivity contribution in [3.63, 3.8) is 0 Å². The van der Waals surface area contributed by atoms with Gasteiger partial charge in [-0.3, -0.25) is 0 Å². The zero-order valence-electron chi connectivity index (χ0n) is 5.17. The van der Waals surface area contributed by atoms with E-state index in [1.807, 2.05) is 6.07 Å². The van der Waals surface area contributed by atoms with Crippen LogP contribution in [0.3, 0.4) is 0 Å². The fourth-order valence-electron chi connectivity index (χ4n) is 0.594. The van der Waals surface area contributed by atoms with Crippen molar-refractivity contribution >= 4 is 20.1 Å². The quantitative estimate of drug-likeness (QED) is 0.509. The molecule has 0 aliphatic heterocycles. The summed E-state index contributed by atoms with van der Waals surface area (Å²) in [6, 6.07) is 3.51. The number of aromatic nitrogens is 1. The summed E-state index contributed by atoms with van der Waals surface area (Å²) in [6.45, 7) is 0. The van der Waals surface area contributed by atoms with Crippen LogP contribution in [-0.4, -0.2) is 4.98 Å². The lowest BCUT2D eigenvalue weighted by atomic mass is 10.3. The number of rotatable bonds is 2. The highest BCUT2D eigenvalue weighted by Gasteiger charge is 1.96. The Bertz CT molecular complexity index is 224. The van der Waals surface area contributed by atoms with Gasteiger partial charge in [-0.25, -0.2) is 4.98 Å². The van der Waals surface area contributed by atoms with E-state index in [2.05, 4.69) is 4.98 Å². The summed E-state index contributed by atoms with van der Waals surface area (Å²) in [5, 5.41) is 0.470. The Hall–Kier alpha value is -0.460. The minimum Gasteiger partial charge on any atom is -0.244 e. The number of halogens is 1. The largest absolute Gasteiger partial charge is 0.329 e. The molecule has 1 unspecified atom stereocenters. The van der Waals surface area contributed by atoms with E-state index in [0.29, 0.717) is 11.3 Å². The van der Waals surface area contributed by atoms with Gasteiger partial charge in [-0.15, -0.1) is 0 Å². The first-order valence-electron chi connectivity index (χ1n) is 2.78. The fourth-order valence-corrected chi connectivity index (χ4v) is 1.08. The molecular weight excluding hydrogens is 168 g/mol. The molecular formula is C6H6ClNOP+. The van der Waals surface area contributed by atoms with Crippen molar-refractivity contribution < 1.29 is 4.57 Å². The number of hydrogen-bond acceptors (Lipinski definition) is 2. The summed E-state index contributed by atoms with van der Waals surface area (Å²) in [5.41, 5.74) is 0.956. The van der Waals surface area contributed by atoms with Gasteiger partial charge >= 0.3 is 8.46 Å². The Balaban J connectivity index is 2.78. The minimum absolute atomic E-state index is 0.301. The van der Waals surface area contributed by atoms with Crippen LogP contribution in [0.5, 0.6) is 0 Å². The number of pyridine rings is 1. The molecule has 1 aromatic heterocycles. The SMILES string of the molecule is O=[PH+]Cc1ccc(Cl)nc1. The van der Waals surface area contributed by atoms with Gasteiger partial charge in [0.2, 0.25) is 0 Å². The molecule has 0 radical (unpaired) electrons. The van der Waals surface area contributed by atoms with Gasteiger partial charge in [-0.05, 0) is 6.07 Å². The Morgan fingerprint density at radius 2 is 2.40 bits per heavy atom. The molecule has 1 atom stereocenters. The third kappa shape index (κ3) is 2.05. The van der Waals surface area contributed by atoms with E-state index in [4.69, 9.17) is 11.6 Å². The first-order valence-corrected chi connectivity index (χ1v) is 4.27. The summed E-state index contributed by atoms with van der Waals surface area (Å²) in [4.78, 5) is 3.83. The Morgan fingerprint density at radius 3 is 2.90 bits per heavy atom. The highest BCUT2D eigenvalue weighted by Crippen LogP contribution is 2.10. The van der Waals surface area contributed by atoms with Crippen molar-refractivity contribution in [1.29, 1.82) is 0 Å². The molecule has 0 saturated carbocycles. The average molecular weight is 175 g/mol. The summed E-state index contributed by atoms with van der Waals surface area (Å²) in [7, 11) is -0.301. The summed E-state index contributed by atoms with van der Waals surface area (Å²) < 4.78 is 10.2. The van der Waals surface area contributed by atoms with Gasteiger partial charge in [0, 0.05) is 11.8 Å². The maximum atomic E-state index is 10.2. The normalized spacial score (nSPS) is 10.1. The Kier molecular flexibility index (Phi) is 2.79. The van der Waals surface area contributed by atoms with E-state index in [0.717, 1.165) is 5.56 Å². The molecule has 0 fully saturated rings. The molecule has 4 heteroatoms. The molecule has 0 aliphatic rings. The summed E-state index contributed by atoms with van der Waals surface area (Å²) in [5.74, 6) is 0. The maximum absolute atomic E-state index is 10.2. The molecule has 1 rings (SSSR count). The fraction of sp³-hybridized carbons (Fsp3) is 0.167. The topological polar surface area (TPSA) is 30.0 Å². The number of nitrogens with zero attached hydrogens (tertiary/aromatic N) is 1. The van der Waals surface area contributed by atoms with Crippen molar-refractivity contribution in [2.45, 2.75) is 6.16 Å².